The van der Waals surface area contributed by atoms with Gasteiger partial charge in [-0.3, -0.25) is 4.79 Å². The van der Waals surface area contributed by atoms with Crippen LogP contribution in [0.5, 0.6) is 0 Å². The van der Waals surface area contributed by atoms with E-state index in [4.69, 9.17) is 5.73 Å². The fourth-order valence-corrected chi connectivity index (χ4v) is 2.26. The van der Waals surface area contributed by atoms with E-state index in [2.05, 4.69) is 38.1 Å². The Balaban J connectivity index is 2.56. The molecule has 1 atom stereocenters. The van der Waals surface area contributed by atoms with E-state index >= 15 is 0 Å². The Morgan fingerprint density at radius 2 is 1.74 bits per heavy atom. The van der Waals surface area contributed by atoms with Crippen molar-refractivity contribution in [1.82, 2.24) is 0 Å². The van der Waals surface area contributed by atoms with Crippen LogP contribution in [0.15, 0.2) is 24.3 Å². The van der Waals surface area contributed by atoms with Crippen LogP contribution in [-0.4, -0.2) is 12.3 Å². The SMILES string of the molecule is CC(C)Cc1ccc([C@@H](C)C(=O)CCCCN)cc1. The van der Waals surface area contributed by atoms with Crippen molar-refractivity contribution in [3.05, 3.63) is 35.4 Å². The number of nitrogens with two attached hydrogens (primary N) is 1. The van der Waals surface area contributed by atoms with Crippen LogP contribution in [0.25, 0.3) is 0 Å². The summed E-state index contributed by atoms with van der Waals surface area (Å²) in [6, 6.07) is 8.50. The van der Waals surface area contributed by atoms with Gasteiger partial charge in [-0.2, -0.15) is 0 Å². The Bertz CT molecular complexity index is 381. The zero-order valence-corrected chi connectivity index (χ0v) is 12.5. The number of rotatable bonds is 8. The maximum absolute atomic E-state index is 12.0. The van der Waals surface area contributed by atoms with Crippen molar-refractivity contribution in [1.29, 1.82) is 0 Å². The fraction of sp³-hybridized carbons (Fsp3) is 0.588. The summed E-state index contributed by atoms with van der Waals surface area (Å²) in [5.74, 6) is 0.997. The van der Waals surface area contributed by atoms with Crippen LogP contribution in [0.3, 0.4) is 0 Å². The second-order valence-corrected chi connectivity index (χ2v) is 5.77. The molecule has 0 spiro atoms. The summed E-state index contributed by atoms with van der Waals surface area (Å²) in [4.78, 5) is 12.0. The van der Waals surface area contributed by atoms with E-state index in [1.54, 1.807) is 0 Å². The molecule has 0 heterocycles. The lowest BCUT2D eigenvalue weighted by atomic mass is 9.92. The second-order valence-electron chi connectivity index (χ2n) is 5.77. The monoisotopic (exact) mass is 261 g/mol. The Morgan fingerprint density at radius 3 is 2.26 bits per heavy atom. The molecule has 1 rings (SSSR count). The third-order valence-corrected chi connectivity index (χ3v) is 3.48. The smallest absolute Gasteiger partial charge is 0.140 e. The van der Waals surface area contributed by atoms with Crippen LogP contribution in [0.1, 0.15) is 57.1 Å². The molecule has 0 unspecified atom stereocenters. The van der Waals surface area contributed by atoms with Gasteiger partial charge in [0.05, 0.1) is 0 Å². The number of carbonyl (C=O) groups is 1. The molecule has 0 aromatic heterocycles. The minimum atomic E-state index is 0.00544. The molecule has 0 bridgehead atoms. The molecule has 1 aromatic rings. The highest BCUT2D eigenvalue weighted by Crippen LogP contribution is 2.20. The van der Waals surface area contributed by atoms with E-state index in [-0.39, 0.29) is 5.92 Å². The predicted octanol–water partition coefficient (Wildman–Crippen LogP) is 3.69. The third-order valence-electron chi connectivity index (χ3n) is 3.48. The topological polar surface area (TPSA) is 43.1 Å². The largest absolute Gasteiger partial charge is 0.330 e. The van der Waals surface area contributed by atoms with Crippen molar-refractivity contribution >= 4 is 5.78 Å². The number of unbranched alkanes of at least 4 members (excludes halogenated alkanes) is 1. The standard InChI is InChI=1S/C17H27NO/c1-13(2)12-15-7-9-16(10-8-15)14(3)17(19)6-4-5-11-18/h7-10,13-14H,4-6,11-12,18H2,1-3H3/t14-/m1/s1. The lowest BCUT2D eigenvalue weighted by molar-refractivity contribution is -0.120. The van der Waals surface area contributed by atoms with E-state index < -0.39 is 0 Å². The molecule has 0 radical (unpaired) electrons. The highest BCUT2D eigenvalue weighted by molar-refractivity contribution is 5.85. The first-order chi connectivity index (χ1) is 9.04. The second kappa shape index (κ2) is 8.11. The van der Waals surface area contributed by atoms with Gasteiger partial charge in [-0.1, -0.05) is 45.0 Å². The van der Waals surface area contributed by atoms with E-state index in [0.29, 0.717) is 24.7 Å². The Kier molecular flexibility index (Phi) is 6.79. The van der Waals surface area contributed by atoms with Gasteiger partial charge < -0.3 is 5.73 Å². The van der Waals surface area contributed by atoms with Crippen LogP contribution in [0, 0.1) is 5.92 Å². The summed E-state index contributed by atoms with van der Waals surface area (Å²) >= 11 is 0. The first-order valence-corrected chi connectivity index (χ1v) is 7.36. The molecule has 2 nitrogen and oxygen atoms in total. The number of benzene rings is 1. The molecule has 0 fully saturated rings. The Hall–Kier alpha value is -1.15. The number of Topliss-reactive ketones (excluding diaryl/α,β-unsaturated/α-hetero) is 1. The summed E-state index contributed by atoms with van der Waals surface area (Å²) in [5.41, 5.74) is 7.93. The van der Waals surface area contributed by atoms with Crippen LogP contribution >= 0.6 is 0 Å². The van der Waals surface area contributed by atoms with Crippen LogP contribution < -0.4 is 5.73 Å². The average molecular weight is 261 g/mol. The molecular formula is C17H27NO. The van der Waals surface area contributed by atoms with Gasteiger partial charge in [-0.25, -0.2) is 0 Å². The molecule has 0 amide bonds. The predicted molar refractivity (Wildman–Crippen MR) is 81.3 cm³/mol. The van der Waals surface area contributed by atoms with Crippen molar-refractivity contribution in [2.45, 2.75) is 52.4 Å². The first kappa shape index (κ1) is 15.9. The lowest BCUT2D eigenvalue weighted by Gasteiger charge is -2.12. The number of carbonyl (C=O) groups excluding carboxylic acids is 1. The van der Waals surface area contributed by atoms with Crippen molar-refractivity contribution in [2.75, 3.05) is 6.54 Å². The van der Waals surface area contributed by atoms with Gasteiger partial charge in [-0.05, 0) is 42.9 Å². The van der Waals surface area contributed by atoms with Crippen molar-refractivity contribution in [3.8, 4) is 0 Å². The molecule has 1 aromatic carbocycles. The zero-order chi connectivity index (χ0) is 14.3. The zero-order valence-electron chi connectivity index (χ0n) is 12.5. The van der Waals surface area contributed by atoms with Gasteiger partial charge in [0.25, 0.3) is 0 Å². The Morgan fingerprint density at radius 1 is 1.11 bits per heavy atom. The van der Waals surface area contributed by atoms with Gasteiger partial charge in [0.15, 0.2) is 0 Å². The summed E-state index contributed by atoms with van der Waals surface area (Å²) in [6.07, 6.45) is 3.59. The molecule has 2 N–H and O–H groups in total. The van der Waals surface area contributed by atoms with Gasteiger partial charge in [0.1, 0.15) is 5.78 Å². The molecular weight excluding hydrogens is 234 g/mol. The Labute approximate surface area is 117 Å². The maximum atomic E-state index is 12.0. The fourth-order valence-electron chi connectivity index (χ4n) is 2.26. The molecule has 2 heteroatoms. The first-order valence-electron chi connectivity index (χ1n) is 7.36. The highest BCUT2D eigenvalue weighted by atomic mass is 16.1. The molecule has 0 aliphatic rings. The van der Waals surface area contributed by atoms with Gasteiger partial charge in [-0.15, -0.1) is 0 Å². The van der Waals surface area contributed by atoms with E-state index in [1.807, 2.05) is 6.92 Å². The maximum Gasteiger partial charge on any atom is 0.140 e. The van der Waals surface area contributed by atoms with E-state index in [9.17, 15) is 4.79 Å². The van der Waals surface area contributed by atoms with Crippen LogP contribution in [-0.2, 0) is 11.2 Å². The number of hydrogen-bond acceptors (Lipinski definition) is 2. The minimum absolute atomic E-state index is 0.00544. The normalized spacial score (nSPS) is 12.7. The molecule has 0 aliphatic heterocycles. The van der Waals surface area contributed by atoms with Crippen LogP contribution in [0.2, 0.25) is 0 Å². The van der Waals surface area contributed by atoms with Crippen molar-refractivity contribution in [3.63, 3.8) is 0 Å². The minimum Gasteiger partial charge on any atom is -0.330 e. The lowest BCUT2D eigenvalue weighted by Crippen LogP contribution is -2.10. The number of ketones is 1. The van der Waals surface area contributed by atoms with E-state index in [1.165, 1.54) is 5.56 Å². The van der Waals surface area contributed by atoms with Crippen molar-refractivity contribution < 1.29 is 4.79 Å². The summed E-state index contributed by atoms with van der Waals surface area (Å²) in [7, 11) is 0. The quantitative estimate of drug-likeness (QED) is 0.725. The molecule has 19 heavy (non-hydrogen) atoms. The average Bonchev–Trinajstić information content (AvgIpc) is 2.38. The van der Waals surface area contributed by atoms with Gasteiger partial charge in [0, 0.05) is 12.3 Å². The summed E-state index contributed by atoms with van der Waals surface area (Å²) in [5, 5.41) is 0. The highest BCUT2D eigenvalue weighted by Gasteiger charge is 2.14. The molecule has 0 saturated carbocycles. The molecule has 106 valence electrons. The van der Waals surface area contributed by atoms with Gasteiger partial charge in [0.2, 0.25) is 0 Å². The third kappa shape index (κ3) is 5.56. The van der Waals surface area contributed by atoms with Crippen LogP contribution in [0.4, 0.5) is 0 Å². The van der Waals surface area contributed by atoms with E-state index in [0.717, 1.165) is 24.8 Å². The summed E-state index contributed by atoms with van der Waals surface area (Å²) in [6.45, 7) is 7.11. The van der Waals surface area contributed by atoms with Crippen molar-refractivity contribution in [2.24, 2.45) is 11.7 Å². The number of hydrogen-bond donors (Lipinski definition) is 1. The summed E-state index contributed by atoms with van der Waals surface area (Å²) < 4.78 is 0. The molecule has 0 aliphatic carbocycles. The molecule has 0 saturated heterocycles. The van der Waals surface area contributed by atoms with Gasteiger partial charge >= 0.3 is 0 Å².